The number of hydrogen-bond donors (Lipinski definition) is 1. The molecule has 1 N–H and O–H groups in total. The Hall–Kier alpha value is -1.90. The van der Waals surface area contributed by atoms with Gasteiger partial charge >= 0.3 is 0 Å². The fourth-order valence-electron chi connectivity index (χ4n) is 2.22. The van der Waals surface area contributed by atoms with E-state index in [9.17, 15) is 14.0 Å². The highest BCUT2D eigenvalue weighted by Gasteiger charge is 2.14. The average molecular weight is 398 g/mol. The summed E-state index contributed by atoms with van der Waals surface area (Å²) in [7, 11) is 0. The Bertz CT molecular complexity index is 1000. The van der Waals surface area contributed by atoms with E-state index >= 15 is 0 Å². The van der Waals surface area contributed by atoms with Crippen molar-refractivity contribution >= 4 is 56.5 Å². The summed E-state index contributed by atoms with van der Waals surface area (Å²) in [6.07, 6.45) is 0. The predicted molar refractivity (Wildman–Crippen MR) is 100 cm³/mol. The highest BCUT2D eigenvalue weighted by Crippen LogP contribution is 2.24. The first kappa shape index (κ1) is 17.9. The number of hydrogen-bond acceptors (Lipinski definition) is 5. The van der Waals surface area contributed by atoms with Crippen LogP contribution in [0.2, 0.25) is 5.02 Å². The maximum Gasteiger partial charge on any atom is 0.272 e. The number of halogens is 2. The lowest BCUT2D eigenvalue weighted by Crippen LogP contribution is -2.22. The standard InChI is InChI=1S/C16H13ClFN3O2S2/c1-2-21-15(23)14-12(5-6-24-14)20-16(21)25-8-13(22)19-11-4-3-9(18)7-10(11)17/h3-7H,2,8H2,1H3,(H,19,22). The molecular formula is C16H13ClFN3O2S2. The zero-order valence-corrected chi connectivity index (χ0v) is 15.5. The van der Waals surface area contributed by atoms with Crippen molar-refractivity contribution in [2.24, 2.45) is 0 Å². The van der Waals surface area contributed by atoms with Gasteiger partial charge in [0.05, 0.1) is 22.0 Å². The van der Waals surface area contributed by atoms with Gasteiger partial charge in [0.25, 0.3) is 5.56 Å². The first-order chi connectivity index (χ1) is 12.0. The highest BCUT2D eigenvalue weighted by molar-refractivity contribution is 7.99. The summed E-state index contributed by atoms with van der Waals surface area (Å²) in [6.45, 7) is 2.32. The number of nitrogens with one attached hydrogen (secondary N) is 1. The molecule has 130 valence electrons. The molecule has 0 aliphatic carbocycles. The normalized spacial score (nSPS) is 11.0. The number of fused-ring (bicyclic) bond motifs is 1. The number of anilines is 1. The summed E-state index contributed by atoms with van der Waals surface area (Å²) < 4.78 is 15.2. The largest absolute Gasteiger partial charge is 0.324 e. The third-order valence-corrected chi connectivity index (χ3v) is 5.57. The predicted octanol–water partition coefficient (Wildman–Crippen LogP) is 4.00. The van der Waals surface area contributed by atoms with Crippen LogP contribution in [0.5, 0.6) is 0 Å². The molecule has 1 amide bonds. The molecular weight excluding hydrogens is 385 g/mol. The van der Waals surface area contributed by atoms with Gasteiger partial charge in [0, 0.05) is 6.54 Å². The van der Waals surface area contributed by atoms with Crippen LogP contribution in [0.4, 0.5) is 10.1 Å². The average Bonchev–Trinajstić information content (AvgIpc) is 3.04. The summed E-state index contributed by atoms with van der Waals surface area (Å²) in [5.41, 5.74) is 0.860. The van der Waals surface area contributed by atoms with Gasteiger partial charge in [0.2, 0.25) is 5.91 Å². The Labute approximate surface area is 155 Å². The summed E-state index contributed by atoms with van der Waals surface area (Å²) in [4.78, 5) is 29.0. The first-order valence-electron chi connectivity index (χ1n) is 7.35. The third-order valence-electron chi connectivity index (χ3n) is 3.38. The molecule has 0 aliphatic heterocycles. The number of amides is 1. The lowest BCUT2D eigenvalue weighted by Gasteiger charge is -2.10. The van der Waals surface area contributed by atoms with E-state index in [4.69, 9.17) is 11.6 Å². The fourth-order valence-corrected chi connectivity index (χ4v) is 4.08. The Balaban J connectivity index is 1.75. The number of carbonyl (C=O) groups is 1. The second-order valence-electron chi connectivity index (χ2n) is 5.04. The van der Waals surface area contributed by atoms with Crippen molar-refractivity contribution in [1.29, 1.82) is 0 Å². The van der Waals surface area contributed by atoms with Crippen LogP contribution in [-0.4, -0.2) is 21.2 Å². The minimum Gasteiger partial charge on any atom is -0.324 e. The van der Waals surface area contributed by atoms with E-state index in [0.29, 0.717) is 27.6 Å². The Morgan fingerprint density at radius 2 is 2.24 bits per heavy atom. The molecule has 2 heterocycles. The van der Waals surface area contributed by atoms with E-state index in [0.717, 1.165) is 6.07 Å². The van der Waals surface area contributed by atoms with E-state index in [-0.39, 0.29) is 22.2 Å². The van der Waals surface area contributed by atoms with Gasteiger partial charge in [-0.3, -0.25) is 14.2 Å². The van der Waals surface area contributed by atoms with Crippen LogP contribution in [-0.2, 0) is 11.3 Å². The van der Waals surface area contributed by atoms with Crippen LogP contribution in [0, 0.1) is 5.82 Å². The number of benzene rings is 1. The number of carbonyl (C=O) groups excluding carboxylic acids is 1. The van der Waals surface area contributed by atoms with E-state index < -0.39 is 5.82 Å². The fraction of sp³-hybridized carbons (Fsp3) is 0.188. The second kappa shape index (κ2) is 7.55. The molecule has 0 fully saturated rings. The number of thioether (sulfide) groups is 1. The zero-order valence-electron chi connectivity index (χ0n) is 13.1. The highest BCUT2D eigenvalue weighted by atomic mass is 35.5. The first-order valence-corrected chi connectivity index (χ1v) is 9.59. The zero-order chi connectivity index (χ0) is 18.0. The third kappa shape index (κ3) is 3.86. The van der Waals surface area contributed by atoms with Crippen molar-refractivity contribution in [3.63, 3.8) is 0 Å². The van der Waals surface area contributed by atoms with Gasteiger partial charge in [-0.05, 0) is 36.6 Å². The van der Waals surface area contributed by atoms with Crippen LogP contribution in [0.15, 0.2) is 39.6 Å². The smallest absolute Gasteiger partial charge is 0.272 e. The Morgan fingerprint density at radius 1 is 1.44 bits per heavy atom. The number of nitrogens with zero attached hydrogens (tertiary/aromatic N) is 2. The van der Waals surface area contributed by atoms with Gasteiger partial charge in [-0.15, -0.1) is 11.3 Å². The molecule has 0 unspecified atom stereocenters. The molecule has 3 aromatic rings. The van der Waals surface area contributed by atoms with Gasteiger partial charge in [-0.25, -0.2) is 9.37 Å². The van der Waals surface area contributed by atoms with Crippen LogP contribution in [0.1, 0.15) is 6.92 Å². The maximum absolute atomic E-state index is 13.0. The van der Waals surface area contributed by atoms with E-state index in [1.54, 1.807) is 10.6 Å². The van der Waals surface area contributed by atoms with Gasteiger partial charge in [0.1, 0.15) is 10.5 Å². The van der Waals surface area contributed by atoms with Crippen molar-refractivity contribution in [2.45, 2.75) is 18.6 Å². The Kier molecular flexibility index (Phi) is 5.41. The molecule has 0 radical (unpaired) electrons. The minimum atomic E-state index is -0.474. The molecule has 0 saturated heterocycles. The Morgan fingerprint density at radius 3 is 2.96 bits per heavy atom. The SMILES string of the molecule is CCn1c(SCC(=O)Nc2ccc(F)cc2Cl)nc2ccsc2c1=O. The van der Waals surface area contributed by atoms with Gasteiger partial charge in [0.15, 0.2) is 5.16 Å². The molecule has 0 aliphatic rings. The molecule has 9 heteroatoms. The molecule has 2 aromatic heterocycles. The van der Waals surface area contributed by atoms with Gasteiger partial charge in [-0.1, -0.05) is 23.4 Å². The van der Waals surface area contributed by atoms with Crippen LogP contribution >= 0.6 is 34.7 Å². The van der Waals surface area contributed by atoms with E-state index in [1.165, 1.54) is 35.2 Å². The van der Waals surface area contributed by atoms with Gasteiger partial charge < -0.3 is 5.32 Å². The maximum atomic E-state index is 13.0. The molecule has 25 heavy (non-hydrogen) atoms. The molecule has 3 rings (SSSR count). The van der Waals surface area contributed by atoms with Crippen LogP contribution in [0.3, 0.4) is 0 Å². The number of thiophene rings is 1. The van der Waals surface area contributed by atoms with Crippen molar-refractivity contribution in [2.75, 3.05) is 11.1 Å². The van der Waals surface area contributed by atoms with Crippen LogP contribution < -0.4 is 10.9 Å². The topological polar surface area (TPSA) is 64.0 Å². The molecule has 0 bridgehead atoms. The summed E-state index contributed by atoms with van der Waals surface area (Å²) >= 11 is 8.41. The summed E-state index contributed by atoms with van der Waals surface area (Å²) in [5.74, 6) is -0.742. The molecule has 0 saturated carbocycles. The lowest BCUT2D eigenvalue weighted by molar-refractivity contribution is -0.113. The van der Waals surface area contributed by atoms with Crippen LogP contribution in [0.25, 0.3) is 10.2 Å². The quantitative estimate of drug-likeness (QED) is 0.522. The van der Waals surface area contributed by atoms with Crippen molar-refractivity contribution in [3.8, 4) is 0 Å². The van der Waals surface area contributed by atoms with E-state index in [2.05, 4.69) is 10.3 Å². The minimum absolute atomic E-state index is 0.0514. The van der Waals surface area contributed by atoms with Crippen molar-refractivity contribution in [1.82, 2.24) is 9.55 Å². The summed E-state index contributed by atoms with van der Waals surface area (Å²) in [5, 5.41) is 5.05. The number of rotatable bonds is 5. The monoisotopic (exact) mass is 397 g/mol. The van der Waals surface area contributed by atoms with Crippen molar-refractivity contribution < 1.29 is 9.18 Å². The molecule has 0 spiro atoms. The molecule has 5 nitrogen and oxygen atoms in total. The summed E-state index contributed by atoms with van der Waals surface area (Å²) in [6, 6.07) is 5.53. The number of aromatic nitrogens is 2. The molecule has 1 aromatic carbocycles. The lowest BCUT2D eigenvalue weighted by atomic mass is 10.3. The van der Waals surface area contributed by atoms with E-state index in [1.807, 2.05) is 12.3 Å². The second-order valence-corrected chi connectivity index (χ2v) is 7.31. The van der Waals surface area contributed by atoms with Gasteiger partial charge in [-0.2, -0.15) is 0 Å². The van der Waals surface area contributed by atoms with Crippen molar-refractivity contribution in [3.05, 3.63) is 50.8 Å². The molecule has 0 atom stereocenters.